The maximum Gasteiger partial charge on any atom is 0.0994 e. The third kappa shape index (κ3) is 1.79. The van der Waals surface area contributed by atoms with E-state index in [1.807, 2.05) is 19.0 Å². The molecular formula is C10H20N2O3. The van der Waals surface area contributed by atoms with Crippen LogP contribution >= 0.6 is 0 Å². The second kappa shape index (κ2) is 3.99. The number of rotatable bonds is 1. The first-order valence-electron chi connectivity index (χ1n) is 5.47. The van der Waals surface area contributed by atoms with Gasteiger partial charge in [0.1, 0.15) is 0 Å². The Hall–Kier alpha value is -0.200. The molecule has 1 unspecified atom stereocenters. The summed E-state index contributed by atoms with van der Waals surface area (Å²) in [5, 5.41) is 29.6. The number of hydrogen-bond donors (Lipinski definition) is 3. The van der Waals surface area contributed by atoms with Crippen molar-refractivity contribution in [3.05, 3.63) is 0 Å². The van der Waals surface area contributed by atoms with Crippen molar-refractivity contribution in [3.63, 3.8) is 0 Å². The molecule has 0 saturated carbocycles. The van der Waals surface area contributed by atoms with Gasteiger partial charge in [-0.25, -0.2) is 0 Å². The van der Waals surface area contributed by atoms with Gasteiger partial charge < -0.3 is 20.2 Å². The van der Waals surface area contributed by atoms with Gasteiger partial charge in [0.2, 0.25) is 0 Å². The van der Waals surface area contributed by atoms with Crippen LogP contribution in [0.5, 0.6) is 0 Å². The topological polar surface area (TPSA) is 67.2 Å². The molecule has 5 heteroatoms. The zero-order valence-corrected chi connectivity index (χ0v) is 9.24. The summed E-state index contributed by atoms with van der Waals surface area (Å²) < 4.78 is 0. The van der Waals surface area contributed by atoms with Crippen molar-refractivity contribution in [2.24, 2.45) is 0 Å². The third-order valence-corrected chi connectivity index (χ3v) is 3.71. The summed E-state index contributed by atoms with van der Waals surface area (Å²) in [5.74, 6) is 0. The van der Waals surface area contributed by atoms with Crippen molar-refractivity contribution < 1.29 is 15.3 Å². The Morgan fingerprint density at radius 3 is 2.40 bits per heavy atom. The monoisotopic (exact) mass is 216 g/mol. The first kappa shape index (κ1) is 11.3. The molecule has 0 aliphatic carbocycles. The van der Waals surface area contributed by atoms with Crippen LogP contribution in [0.15, 0.2) is 0 Å². The standard InChI is InChI=1S/C10H20N2O3/c1-11(2)6-5-12-4-3-7(13)8(12)10(15)9(6)14/h6-10,13-15H,3-5H2,1-2H3/t6-,7-,8?,9+,10+/m0/s1. The van der Waals surface area contributed by atoms with E-state index in [0.717, 1.165) is 6.54 Å². The molecule has 5 nitrogen and oxygen atoms in total. The van der Waals surface area contributed by atoms with E-state index in [2.05, 4.69) is 4.90 Å². The lowest BCUT2D eigenvalue weighted by Crippen LogP contribution is -2.64. The minimum atomic E-state index is -0.844. The van der Waals surface area contributed by atoms with Crippen molar-refractivity contribution in [2.45, 2.75) is 36.8 Å². The maximum atomic E-state index is 9.96. The predicted molar refractivity (Wildman–Crippen MR) is 55.5 cm³/mol. The molecule has 2 aliphatic heterocycles. The Labute approximate surface area is 89.9 Å². The number of piperidine rings is 1. The van der Waals surface area contributed by atoms with E-state index in [9.17, 15) is 15.3 Å². The van der Waals surface area contributed by atoms with Crippen molar-refractivity contribution in [2.75, 3.05) is 27.2 Å². The second-order valence-corrected chi connectivity index (χ2v) is 4.85. The van der Waals surface area contributed by atoms with E-state index in [4.69, 9.17) is 0 Å². The Balaban J connectivity index is 2.14. The third-order valence-electron chi connectivity index (χ3n) is 3.71. The SMILES string of the molecule is CN(C)[C@H]1CN2CC[C@H](O)C2[C@@H](O)[C@@H]1O. The summed E-state index contributed by atoms with van der Waals surface area (Å²) >= 11 is 0. The van der Waals surface area contributed by atoms with Gasteiger partial charge in [-0.2, -0.15) is 0 Å². The number of likely N-dealkylation sites (N-methyl/N-ethyl adjacent to an activating group) is 1. The normalized spacial score (nSPS) is 47.2. The molecule has 88 valence electrons. The highest BCUT2D eigenvalue weighted by Gasteiger charge is 2.48. The van der Waals surface area contributed by atoms with Crippen molar-refractivity contribution in [1.82, 2.24) is 9.80 Å². The number of nitrogens with zero attached hydrogens (tertiary/aromatic N) is 2. The number of fused-ring (bicyclic) bond motifs is 1. The highest BCUT2D eigenvalue weighted by molar-refractivity contribution is 5.03. The molecule has 0 amide bonds. The first-order valence-corrected chi connectivity index (χ1v) is 5.47. The predicted octanol–water partition coefficient (Wildman–Crippen LogP) is -1.91. The van der Waals surface area contributed by atoms with Crippen molar-refractivity contribution in [3.8, 4) is 0 Å². The van der Waals surface area contributed by atoms with Crippen LogP contribution in [0.25, 0.3) is 0 Å². The van der Waals surface area contributed by atoms with Crippen LogP contribution in [0, 0.1) is 0 Å². The van der Waals surface area contributed by atoms with Crippen molar-refractivity contribution in [1.29, 1.82) is 0 Å². The highest BCUT2D eigenvalue weighted by atomic mass is 16.3. The fourth-order valence-electron chi connectivity index (χ4n) is 2.76. The van der Waals surface area contributed by atoms with E-state index >= 15 is 0 Å². The van der Waals surface area contributed by atoms with Crippen LogP contribution in [0.3, 0.4) is 0 Å². The number of aliphatic hydroxyl groups is 3. The lowest BCUT2D eigenvalue weighted by Gasteiger charge is -2.45. The first-order chi connectivity index (χ1) is 7.02. The van der Waals surface area contributed by atoms with E-state index < -0.39 is 18.3 Å². The lowest BCUT2D eigenvalue weighted by atomic mass is 9.91. The zero-order chi connectivity index (χ0) is 11.2. The minimum Gasteiger partial charge on any atom is -0.391 e. The fraction of sp³-hybridized carbons (Fsp3) is 1.00. The van der Waals surface area contributed by atoms with Crippen LogP contribution in [0.2, 0.25) is 0 Å². The molecule has 3 N–H and O–H groups in total. The summed E-state index contributed by atoms with van der Waals surface area (Å²) in [7, 11) is 3.79. The number of hydrogen-bond acceptors (Lipinski definition) is 5. The Kier molecular flexibility index (Phi) is 3.00. The van der Waals surface area contributed by atoms with E-state index in [-0.39, 0.29) is 12.1 Å². The molecule has 2 aliphatic rings. The van der Waals surface area contributed by atoms with E-state index in [1.54, 1.807) is 0 Å². The van der Waals surface area contributed by atoms with Gasteiger partial charge in [0.05, 0.1) is 30.4 Å². The van der Waals surface area contributed by atoms with Gasteiger partial charge in [0.15, 0.2) is 0 Å². The van der Waals surface area contributed by atoms with Gasteiger partial charge in [0, 0.05) is 13.1 Å². The summed E-state index contributed by atoms with van der Waals surface area (Å²) in [6, 6.07) is -0.335. The summed E-state index contributed by atoms with van der Waals surface area (Å²) in [6.45, 7) is 1.52. The molecule has 0 aromatic heterocycles. The van der Waals surface area contributed by atoms with Gasteiger partial charge in [-0.3, -0.25) is 4.90 Å². The van der Waals surface area contributed by atoms with Gasteiger partial charge in [-0.15, -0.1) is 0 Å². The Morgan fingerprint density at radius 2 is 1.80 bits per heavy atom. The molecule has 5 atom stereocenters. The molecule has 0 aromatic carbocycles. The minimum absolute atomic E-state index is 0.0541. The second-order valence-electron chi connectivity index (χ2n) is 4.85. The molecule has 0 bridgehead atoms. The molecule has 0 spiro atoms. The smallest absolute Gasteiger partial charge is 0.0994 e. The average Bonchev–Trinajstić information content (AvgIpc) is 2.53. The summed E-state index contributed by atoms with van der Waals surface area (Å²) in [4.78, 5) is 4.00. The van der Waals surface area contributed by atoms with Gasteiger partial charge in [-0.1, -0.05) is 0 Å². The zero-order valence-electron chi connectivity index (χ0n) is 9.24. The highest BCUT2D eigenvalue weighted by Crippen LogP contribution is 2.29. The molecule has 2 saturated heterocycles. The van der Waals surface area contributed by atoms with E-state index in [0.29, 0.717) is 13.0 Å². The Bertz CT molecular complexity index is 237. The summed E-state index contributed by atoms with van der Waals surface area (Å²) in [6.07, 6.45) is -1.43. The van der Waals surface area contributed by atoms with Gasteiger partial charge >= 0.3 is 0 Å². The summed E-state index contributed by atoms with van der Waals surface area (Å²) in [5.41, 5.74) is 0. The van der Waals surface area contributed by atoms with Crippen molar-refractivity contribution >= 4 is 0 Å². The molecule has 0 aromatic rings. The van der Waals surface area contributed by atoms with Gasteiger partial charge in [-0.05, 0) is 20.5 Å². The van der Waals surface area contributed by atoms with Crippen LogP contribution in [-0.2, 0) is 0 Å². The molecule has 15 heavy (non-hydrogen) atoms. The van der Waals surface area contributed by atoms with Crippen LogP contribution < -0.4 is 0 Å². The van der Waals surface area contributed by atoms with Gasteiger partial charge in [0.25, 0.3) is 0 Å². The fourth-order valence-corrected chi connectivity index (χ4v) is 2.76. The van der Waals surface area contributed by atoms with Crippen LogP contribution in [0.4, 0.5) is 0 Å². The molecule has 2 heterocycles. The van der Waals surface area contributed by atoms with Crippen LogP contribution in [-0.4, -0.2) is 82.7 Å². The quantitative estimate of drug-likeness (QED) is 0.477. The number of aliphatic hydroxyl groups excluding tert-OH is 3. The average molecular weight is 216 g/mol. The largest absolute Gasteiger partial charge is 0.391 e. The molecule has 0 radical (unpaired) electrons. The maximum absolute atomic E-state index is 9.96. The lowest BCUT2D eigenvalue weighted by molar-refractivity contribution is -0.118. The molecule has 2 rings (SSSR count). The van der Waals surface area contributed by atoms with E-state index in [1.165, 1.54) is 0 Å². The van der Waals surface area contributed by atoms with Crippen LogP contribution in [0.1, 0.15) is 6.42 Å². The Morgan fingerprint density at radius 1 is 1.13 bits per heavy atom. The molecule has 2 fully saturated rings. The molecular weight excluding hydrogens is 196 g/mol.